The van der Waals surface area contributed by atoms with E-state index in [2.05, 4.69) is 4.72 Å². The molecule has 0 saturated heterocycles. The van der Waals surface area contributed by atoms with Crippen LogP contribution in [0.1, 0.15) is 22.8 Å². The van der Waals surface area contributed by atoms with Gasteiger partial charge in [-0.3, -0.25) is 4.79 Å². The summed E-state index contributed by atoms with van der Waals surface area (Å²) < 4.78 is 39.1. The van der Waals surface area contributed by atoms with Gasteiger partial charge in [0, 0.05) is 0 Å². The summed E-state index contributed by atoms with van der Waals surface area (Å²) >= 11 is 0. The number of halogens is 1. The van der Waals surface area contributed by atoms with Crippen molar-refractivity contribution in [2.24, 2.45) is 0 Å². The van der Waals surface area contributed by atoms with Gasteiger partial charge in [-0.05, 0) is 36.6 Å². The van der Waals surface area contributed by atoms with Crippen molar-refractivity contribution in [1.29, 1.82) is 0 Å². The molecule has 0 bridgehead atoms. The lowest BCUT2D eigenvalue weighted by molar-refractivity contribution is 0.0992. The summed E-state index contributed by atoms with van der Waals surface area (Å²) in [6.45, 7) is 2.67. The van der Waals surface area contributed by atoms with E-state index in [0.717, 1.165) is 11.1 Å². The normalized spacial score (nSPS) is 11.4. The second-order valence-electron chi connectivity index (χ2n) is 5.11. The number of nitrogens with one attached hydrogen (secondary N) is 1. The highest BCUT2D eigenvalue weighted by molar-refractivity contribution is 7.89. The first-order valence-corrected chi connectivity index (χ1v) is 8.86. The van der Waals surface area contributed by atoms with Gasteiger partial charge in [-0.25, -0.2) is 17.5 Å². The van der Waals surface area contributed by atoms with Crippen molar-refractivity contribution in [3.63, 3.8) is 0 Å². The number of hydrogen-bond donors (Lipinski definition) is 1. The Morgan fingerprint density at radius 1 is 1.13 bits per heavy atom. The molecule has 23 heavy (non-hydrogen) atoms. The Balaban J connectivity index is 2.37. The third kappa shape index (κ3) is 4.03. The molecule has 122 valence electrons. The molecule has 0 atom stereocenters. The first kappa shape index (κ1) is 17.3. The fourth-order valence-electron chi connectivity index (χ4n) is 2.32. The number of carbonyl (C=O) groups is 1. The van der Waals surface area contributed by atoms with Crippen LogP contribution < -0.4 is 4.72 Å². The van der Waals surface area contributed by atoms with Crippen molar-refractivity contribution < 1.29 is 17.6 Å². The zero-order valence-electron chi connectivity index (χ0n) is 13.0. The highest BCUT2D eigenvalue weighted by atomic mass is 32.2. The molecule has 0 saturated carbocycles. The predicted molar refractivity (Wildman–Crippen MR) is 88.4 cm³/mol. The molecule has 0 aromatic heterocycles. The van der Waals surface area contributed by atoms with Crippen molar-refractivity contribution in [1.82, 2.24) is 4.72 Å². The van der Waals surface area contributed by atoms with E-state index in [0.29, 0.717) is 5.56 Å². The fraction of sp³-hybridized carbons (Fsp3) is 0.235. The highest BCUT2D eigenvalue weighted by Gasteiger charge is 2.19. The van der Waals surface area contributed by atoms with E-state index in [4.69, 9.17) is 0 Å². The van der Waals surface area contributed by atoms with Crippen molar-refractivity contribution >= 4 is 15.8 Å². The molecule has 0 aliphatic carbocycles. The van der Waals surface area contributed by atoms with Crippen molar-refractivity contribution in [3.8, 4) is 11.1 Å². The van der Waals surface area contributed by atoms with Crippen LogP contribution in [0.2, 0.25) is 0 Å². The van der Waals surface area contributed by atoms with Crippen LogP contribution in [0.15, 0.2) is 42.5 Å². The van der Waals surface area contributed by atoms with Gasteiger partial charge in [-0.15, -0.1) is 0 Å². The Labute approximate surface area is 135 Å². The lowest BCUT2D eigenvalue weighted by Crippen LogP contribution is -2.31. The summed E-state index contributed by atoms with van der Waals surface area (Å²) in [4.78, 5) is 12.3. The zero-order chi connectivity index (χ0) is 17.0. The first-order valence-electron chi connectivity index (χ1n) is 7.20. The van der Waals surface area contributed by atoms with Crippen LogP contribution in [0, 0.1) is 12.7 Å². The Bertz CT molecular complexity index is 817. The van der Waals surface area contributed by atoms with Gasteiger partial charge in [0.05, 0.1) is 17.9 Å². The Morgan fingerprint density at radius 2 is 1.78 bits per heavy atom. The molecular weight excluding hydrogens is 317 g/mol. The van der Waals surface area contributed by atoms with Crippen LogP contribution in [-0.4, -0.2) is 26.5 Å². The van der Waals surface area contributed by atoms with E-state index >= 15 is 0 Å². The standard InChI is InChI=1S/C17H18FNO3S/c1-3-23(21,22)19-11-16(20)17-12(2)14(9-10-15(17)18)13-7-5-4-6-8-13/h4-10,19H,3,11H2,1-2H3. The lowest BCUT2D eigenvalue weighted by Gasteiger charge is -2.12. The van der Waals surface area contributed by atoms with Crippen LogP contribution in [0.5, 0.6) is 0 Å². The summed E-state index contributed by atoms with van der Waals surface area (Å²) in [6.07, 6.45) is 0. The van der Waals surface area contributed by atoms with E-state index in [-0.39, 0.29) is 11.3 Å². The zero-order valence-corrected chi connectivity index (χ0v) is 13.8. The number of carbonyl (C=O) groups excluding carboxylic acids is 1. The minimum absolute atomic E-state index is 0.0786. The van der Waals surface area contributed by atoms with Gasteiger partial charge in [0.2, 0.25) is 10.0 Å². The second-order valence-corrected chi connectivity index (χ2v) is 7.20. The molecule has 0 spiro atoms. The Hall–Kier alpha value is -2.05. The maximum atomic E-state index is 14.1. The Kier molecular flexibility index (Phi) is 5.28. The molecule has 0 heterocycles. The van der Waals surface area contributed by atoms with Gasteiger partial charge < -0.3 is 0 Å². The van der Waals surface area contributed by atoms with Gasteiger partial charge >= 0.3 is 0 Å². The number of ketones is 1. The number of sulfonamides is 1. The van der Waals surface area contributed by atoms with Crippen LogP contribution in [0.4, 0.5) is 4.39 Å². The van der Waals surface area contributed by atoms with Crippen LogP contribution in [0.3, 0.4) is 0 Å². The molecule has 6 heteroatoms. The largest absolute Gasteiger partial charge is 0.293 e. The summed E-state index contributed by atoms with van der Waals surface area (Å²) in [5.74, 6) is -1.37. The molecule has 0 fully saturated rings. The topological polar surface area (TPSA) is 63.2 Å². The SMILES string of the molecule is CCS(=O)(=O)NCC(=O)c1c(F)ccc(-c2ccccc2)c1C. The van der Waals surface area contributed by atoms with Gasteiger partial charge in [0.1, 0.15) is 5.82 Å². The Morgan fingerprint density at radius 3 is 2.39 bits per heavy atom. The summed E-state index contributed by atoms with van der Waals surface area (Å²) in [7, 11) is -3.50. The van der Waals surface area contributed by atoms with Crippen molar-refractivity contribution in [2.45, 2.75) is 13.8 Å². The van der Waals surface area contributed by atoms with E-state index in [1.54, 1.807) is 13.0 Å². The van der Waals surface area contributed by atoms with Crippen molar-refractivity contribution in [2.75, 3.05) is 12.3 Å². The summed E-state index contributed by atoms with van der Waals surface area (Å²) in [5, 5.41) is 0. The molecule has 2 rings (SSSR count). The van der Waals surface area contributed by atoms with Crippen LogP contribution in [-0.2, 0) is 10.0 Å². The third-order valence-corrected chi connectivity index (χ3v) is 4.95. The fourth-order valence-corrected chi connectivity index (χ4v) is 2.87. The molecule has 0 unspecified atom stereocenters. The minimum atomic E-state index is -3.50. The first-order chi connectivity index (χ1) is 10.9. The number of rotatable bonds is 6. The van der Waals surface area contributed by atoms with E-state index < -0.39 is 28.2 Å². The average Bonchev–Trinajstić information content (AvgIpc) is 2.54. The minimum Gasteiger partial charge on any atom is -0.293 e. The van der Waals surface area contributed by atoms with E-state index in [1.165, 1.54) is 13.0 Å². The highest BCUT2D eigenvalue weighted by Crippen LogP contribution is 2.27. The van der Waals surface area contributed by atoms with E-state index in [1.807, 2.05) is 30.3 Å². The third-order valence-electron chi connectivity index (χ3n) is 3.61. The van der Waals surface area contributed by atoms with Gasteiger partial charge in [0.15, 0.2) is 5.78 Å². The predicted octanol–water partition coefficient (Wildman–Crippen LogP) is 2.92. The van der Waals surface area contributed by atoms with E-state index in [9.17, 15) is 17.6 Å². The number of hydrogen-bond acceptors (Lipinski definition) is 3. The van der Waals surface area contributed by atoms with Gasteiger partial charge in [-0.2, -0.15) is 0 Å². The lowest BCUT2D eigenvalue weighted by atomic mass is 9.94. The molecule has 2 aromatic rings. The maximum Gasteiger partial charge on any atom is 0.211 e. The molecule has 0 aliphatic rings. The quantitative estimate of drug-likeness (QED) is 0.826. The van der Waals surface area contributed by atoms with Gasteiger partial charge in [-0.1, -0.05) is 36.4 Å². The molecule has 0 aliphatic heterocycles. The molecule has 2 aromatic carbocycles. The smallest absolute Gasteiger partial charge is 0.211 e. The average molecular weight is 335 g/mol. The summed E-state index contributed by atoms with van der Waals surface area (Å²) in [6, 6.07) is 12.2. The molecule has 4 nitrogen and oxygen atoms in total. The monoisotopic (exact) mass is 335 g/mol. The molecule has 0 radical (unpaired) electrons. The number of benzene rings is 2. The van der Waals surface area contributed by atoms with Gasteiger partial charge in [0.25, 0.3) is 0 Å². The molecular formula is C17H18FNO3S. The maximum absolute atomic E-state index is 14.1. The molecule has 1 N–H and O–H groups in total. The van der Waals surface area contributed by atoms with Crippen LogP contribution in [0.25, 0.3) is 11.1 Å². The van der Waals surface area contributed by atoms with Crippen molar-refractivity contribution in [3.05, 3.63) is 59.4 Å². The number of Topliss-reactive ketones (excluding diaryl/α,β-unsaturated/α-hetero) is 1. The second kappa shape index (κ2) is 7.02. The molecule has 0 amide bonds. The van der Waals surface area contributed by atoms with Crippen LogP contribution >= 0.6 is 0 Å². The summed E-state index contributed by atoms with van der Waals surface area (Å²) in [5.41, 5.74) is 2.03.